The molecule has 0 amide bonds. The monoisotopic (exact) mass is 388 g/mol. The van der Waals surface area contributed by atoms with Crippen LogP contribution in [0.1, 0.15) is 79.1 Å². The van der Waals surface area contributed by atoms with E-state index in [9.17, 15) is 5.11 Å². The van der Waals surface area contributed by atoms with Crippen LogP contribution >= 0.6 is 0 Å². The smallest absolute Gasteiger partial charge is 0.152 e. The largest absolute Gasteiger partial charge is 0.393 e. The summed E-state index contributed by atoms with van der Waals surface area (Å²) in [6.07, 6.45) is 10.0. The number of aliphatic hydroxyl groups excluding tert-OH is 1. The third-order valence-corrected chi connectivity index (χ3v) is 10.4. The van der Waals surface area contributed by atoms with Gasteiger partial charge in [-0.2, -0.15) is 0 Å². The molecule has 0 bridgehead atoms. The third kappa shape index (κ3) is 2.59. The summed E-state index contributed by atoms with van der Waals surface area (Å²) in [4.78, 5) is 5.85. The van der Waals surface area contributed by atoms with Crippen molar-refractivity contribution in [1.82, 2.24) is 5.32 Å². The first-order chi connectivity index (χ1) is 13.3. The van der Waals surface area contributed by atoms with Crippen LogP contribution in [0.3, 0.4) is 0 Å². The molecule has 0 radical (unpaired) electrons. The number of hydrogen-bond donors (Lipinski definition) is 2. The predicted octanol–water partition coefficient (Wildman–Crippen LogP) is 4.37. The van der Waals surface area contributed by atoms with Gasteiger partial charge in [0.25, 0.3) is 0 Å². The Morgan fingerprint density at radius 3 is 2.39 bits per heavy atom. The van der Waals surface area contributed by atoms with Crippen LogP contribution < -0.4 is 5.32 Å². The Bertz CT molecular complexity index is 657. The van der Waals surface area contributed by atoms with Crippen LogP contribution in [0, 0.1) is 39.9 Å². The minimum Gasteiger partial charge on any atom is -0.393 e. The Morgan fingerprint density at radius 2 is 1.68 bits per heavy atom. The summed E-state index contributed by atoms with van der Waals surface area (Å²) < 4.78 is 0. The highest BCUT2D eigenvalue weighted by atomic mass is 16.6. The molecule has 1 unspecified atom stereocenters. The van der Waals surface area contributed by atoms with Gasteiger partial charge in [0.05, 0.1) is 11.8 Å². The molecule has 1 aliphatic heterocycles. The summed E-state index contributed by atoms with van der Waals surface area (Å²) in [6.45, 7) is 11.7. The fraction of sp³-hybridized carbons (Fsp3) is 0.958. The first kappa shape index (κ1) is 19.4. The van der Waals surface area contributed by atoms with Crippen molar-refractivity contribution < 1.29 is 9.94 Å². The second-order valence-corrected chi connectivity index (χ2v) is 11.8. The number of rotatable bonds is 2. The van der Waals surface area contributed by atoms with Crippen molar-refractivity contribution in [3.05, 3.63) is 0 Å². The minimum absolute atomic E-state index is 0.0661. The SMILES string of the molecule is CC1(C)/C(=N/OC2CNC2)CC[C@@]2(C)C1CC[C@H]1[C@@H]3CC[C@H](O)[C@@]3(C)CC[C@@H]12. The highest BCUT2D eigenvalue weighted by Gasteiger charge is 2.62. The lowest BCUT2D eigenvalue weighted by Crippen LogP contribution is -2.58. The molecule has 0 aromatic carbocycles. The molecule has 4 heteroatoms. The van der Waals surface area contributed by atoms with Crippen molar-refractivity contribution in [1.29, 1.82) is 0 Å². The standard InChI is InChI=1S/C24H40N2O2/c1-22(2)19-7-5-16-17-6-8-21(27)24(17,4)11-9-18(16)23(19,3)12-10-20(22)26-28-15-13-25-14-15/h15-19,21,25,27H,5-14H2,1-4H3/b26-20+/t16-,17-,18-,19?,21-,23+,24-/m0/s1. The van der Waals surface area contributed by atoms with Gasteiger partial charge in [0, 0.05) is 18.5 Å². The van der Waals surface area contributed by atoms with Crippen molar-refractivity contribution in [2.75, 3.05) is 13.1 Å². The summed E-state index contributed by atoms with van der Waals surface area (Å²) in [5.41, 5.74) is 2.03. The summed E-state index contributed by atoms with van der Waals surface area (Å²) in [7, 11) is 0. The number of aliphatic hydroxyl groups is 1. The zero-order chi connectivity index (χ0) is 19.7. The zero-order valence-electron chi connectivity index (χ0n) is 18.3. The Kier molecular flexibility index (Phi) is 4.45. The van der Waals surface area contributed by atoms with Crippen LogP contribution in [0.4, 0.5) is 0 Å². The lowest BCUT2D eigenvalue weighted by atomic mass is 9.41. The van der Waals surface area contributed by atoms with Gasteiger partial charge in [-0.1, -0.05) is 32.9 Å². The van der Waals surface area contributed by atoms with E-state index in [2.05, 4.69) is 33.0 Å². The summed E-state index contributed by atoms with van der Waals surface area (Å²) in [6, 6.07) is 0. The normalized spacial score (nSPS) is 51.8. The minimum atomic E-state index is -0.0661. The Morgan fingerprint density at radius 1 is 0.929 bits per heavy atom. The molecule has 4 aliphatic carbocycles. The number of oxime groups is 1. The maximum Gasteiger partial charge on any atom is 0.152 e. The van der Waals surface area contributed by atoms with Crippen LogP contribution in [0.5, 0.6) is 0 Å². The maximum atomic E-state index is 10.7. The molecule has 5 fully saturated rings. The molecular weight excluding hydrogens is 348 g/mol. The average Bonchev–Trinajstić information content (AvgIpc) is 2.90. The van der Waals surface area contributed by atoms with E-state index >= 15 is 0 Å². The molecule has 1 saturated heterocycles. The van der Waals surface area contributed by atoms with Crippen molar-refractivity contribution in [2.24, 2.45) is 45.1 Å². The van der Waals surface area contributed by atoms with Gasteiger partial charge in [-0.05, 0) is 85.9 Å². The Hall–Kier alpha value is -0.610. The molecule has 158 valence electrons. The van der Waals surface area contributed by atoms with Gasteiger partial charge in [0.15, 0.2) is 6.10 Å². The Balaban J connectivity index is 1.39. The quantitative estimate of drug-likeness (QED) is 0.691. The van der Waals surface area contributed by atoms with E-state index in [4.69, 9.17) is 9.99 Å². The van der Waals surface area contributed by atoms with Crippen LogP contribution in [0.25, 0.3) is 0 Å². The molecule has 4 nitrogen and oxygen atoms in total. The predicted molar refractivity (Wildman–Crippen MR) is 112 cm³/mol. The topological polar surface area (TPSA) is 53.8 Å². The molecule has 2 N–H and O–H groups in total. The van der Waals surface area contributed by atoms with Gasteiger partial charge in [-0.25, -0.2) is 0 Å². The van der Waals surface area contributed by atoms with Crippen LogP contribution in [-0.2, 0) is 4.84 Å². The van der Waals surface area contributed by atoms with Gasteiger partial charge in [-0.3, -0.25) is 0 Å². The van der Waals surface area contributed by atoms with Crippen molar-refractivity contribution in [3.63, 3.8) is 0 Å². The maximum absolute atomic E-state index is 10.7. The second-order valence-electron chi connectivity index (χ2n) is 11.8. The lowest BCUT2D eigenvalue weighted by Gasteiger charge is -2.63. The molecule has 0 aromatic rings. The molecular formula is C24H40N2O2. The molecule has 4 saturated carbocycles. The molecule has 5 aliphatic rings. The number of hydrogen-bond acceptors (Lipinski definition) is 4. The summed E-state index contributed by atoms with van der Waals surface area (Å²) in [5, 5.41) is 18.6. The number of nitrogens with zero attached hydrogens (tertiary/aromatic N) is 1. The fourth-order valence-corrected chi connectivity index (χ4v) is 8.52. The molecule has 7 atom stereocenters. The van der Waals surface area contributed by atoms with Gasteiger partial charge in [-0.15, -0.1) is 0 Å². The van der Waals surface area contributed by atoms with E-state index in [1.165, 1.54) is 44.2 Å². The highest BCUT2D eigenvalue weighted by Crippen LogP contribution is 2.68. The van der Waals surface area contributed by atoms with Gasteiger partial charge < -0.3 is 15.3 Å². The van der Waals surface area contributed by atoms with E-state index in [0.717, 1.165) is 43.7 Å². The van der Waals surface area contributed by atoms with Crippen LogP contribution in [0.15, 0.2) is 5.16 Å². The van der Waals surface area contributed by atoms with E-state index in [1.807, 2.05) is 0 Å². The van der Waals surface area contributed by atoms with E-state index < -0.39 is 0 Å². The summed E-state index contributed by atoms with van der Waals surface area (Å²) >= 11 is 0. The first-order valence-electron chi connectivity index (χ1n) is 11.9. The van der Waals surface area contributed by atoms with Crippen LogP contribution in [0.2, 0.25) is 0 Å². The van der Waals surface area contributed by atoms with E-state index in [0.29, 0.717) is 11.3 Å². The highest BCUT2D eigenvalue weighted by molar-refractivity contribution is 5.90. The summed E-state index contributed by atoms with van der Waals surface area (Å²) in [5.74, 6) is 3.09. The molecule has 5 rings (SSSR count). The zero-order valence-corrected chi connectivity index (χ0v) is 18.3. The van der Waals surface area contributed by atoms with Gasteiger partial charge >= 0.3 is 0 Å². The second kappa shape index (κ2) is 6.44. The van der Waals surface area contributed by atoms with Crippen molar-refractivity contribution in [3.8, 4) is 0 Å². The van der Waals surface area contributed by atoms with Crippen LogP contribution in [-0.4, -0.2) is 36.1 Å². The van der Waals surface area contributed by atoms with Crippen molar-refractivity contribution >= 4 is 5.71 Å². The van der Waals surface area contributed by atoms with Crippen molar-refractivity contribution in [2.45, 2.75) is 91.3 Å². The number of nitrogens with one attached hydrogen (secondary N) is 1. The van der Waals surface area contributed by atoms with E-state index in [1.54, 1.807) is 0 Å². The van der Waals surface area contributed by atoms with Gasteiger partial charge in [0.2, 0.25) is 0 Å². The lowest BCUT2D eigenvalue weighted by molar-refractivity contribution is -0.131. The molecule has 28 heavy (non-hydrogen) atoms. The molecule has 0 aromatic heterocycles. The number of fused-ring (bicyclic) bond motifs is 5. The first-order valence-corrected chi connectivity index (χ1v) is 11.9. The average molecular weight is 389 g/mol. The fourth-order valence-electron chi connectivity index (χ4n) is 8.52. The van der Waals surface area contributed by atoms with E-state index in [-0.39, 0.29) is 23.0 Å². The Labute approximate surface area is 170 Å². The molecule has 0 spiro atoms. The third-order valence-electron chi connectivity index (χ3n) is 10.4. The van der Waals surface area contributed by atoms with Gasteiger partial charge in [0.1, 0.15) is 0 Å². The molecule has 1 heterocycles.